The molecule has 0 fully saturated rings. The maximum Gasteiger partial charge on any atom is 0.338 e. The SMILES string of the molecule is CCC1=C(C(=O)OC)[C@H](c2ccccc2)n2c(s/c(=C/c3cc(I)cc(I)c3OCc3ccc(Cl)c(Cl)c3)c2=O)=N1. The third-order valence-electron chi connectivity index (χ3n) is 6.46. The molecule has 0 aliphatic carbocycles. The predicted octanol–water partition coefficient (Wildman–Crippen LogP) is 6.89. The predicted molar refractivity (Wildman–Crippen MR) is 180 cm³/mol. The minimum absolute atomic E-state index is 0.247. The Labute approximate surface area is 277 Å². The van der Waals surface area contributed by atoms with Crippen molar-refractivity contribution < 1.29 is 14.3 Å². The Hall–Kier alpha value is -2.19. The maximum absolute atomic E-state index is 14.0. The van der Waals surface area contributed by atoms with Gasteiger partial charge in [-0.15, -0.1) is 0 Å². The van der Waals surface area contributed by atoms with Gasteiger partial charge in [0, 0.05) is 9.13 Å². The quantitative estimate of drug-likeness (QED) is 0.150. The molecule has 41 heavy (non-hydrogen) atoms. The molecule has 5 rings (SSSR count). The third kappa shape index (κ3) is 6.29. The Balaban J connectivity index is 1.65. The van der Waals surface area contributed by atoms with E-state index in [1.807, 2.05) is 61.5 Å². The molecule has 1 aromatic heterocycles. The molecule has 2 heterocycles. The summed E-state index contributed by atoms with van der Waals surface area (Å²) in [7, 11) is 1.34. The lowest BCUT2D eigenvalue weighted by Gasteiger charge is -2.25. The van der Waals surface area contributed by atoms with Gasteiger partial charge in [0.15, 0.2) is 4.80 Å². The van der Waals surface area contributed by atoms with Gasteiger partial charge < -0.3 is 9.47 Å². The van der Waals surface area contributed by atoms with Gasteiger partial charge >= 0.3 is 5.97 Å². The second-order valence-electron chi connectivity index (χ2n) is 9.04. The Morgan fingerprint density at radius 3 is 2.54 bits per heavy atom. The molecule has 0 radical (unpaired) electrons. The summed E-state index contributed by atoms with van der Waals surface area (Å²) in [6.45, 7) is 2.20. The lowest BCUT2D eigenvalue weighted by molar-refractivity contribution is -0.136. The molecule has 1 atom stereocenters. The average molecular weight is 831 g/mol. The zero-order chi connectivity index (χ0) is 29.3. The number of methoxy groups -OCH3 is 1. The van der Waals surface area contributed by atoms with Gasteiger partial charge in [0.1, 0.15) is 12.4 Å². The zero-order valence-electron chi connectivity index (χ0n) is 21.8. The smallest absolute Gasteiger partial charge is 0.338 e. The Bertz CT molecular complexity index is 1870. The number of hydrogen-bond acceptors (Lipinski definition) is 6. The molecule has 0 amide bonds. The van der Waals surface area contributed by atoms with Gasteiger partial charge in [0.05, 0.1) is 42.6 Å². The number of fused-ring (bicyclic) bond motifs is 1. The number of hydrogen-bond donors (Lipinski definition) is 0. The van der Waals surface area contributed by atoms with E-state index in [4.69, 9.17) is 37.7 Å². The number of ether oxygens (including phenoxy) is 2. The highest BCUT2D eigenvalue weighted by Gasteiger charge is 2.33. The first-order valence-corrected chi connectivity index (χ1v) is 16.2. The molecule has 0 spiro atoms. The maximum atomic E-state index is 14.0. The minimum atomic E-state index is -0.654. The number of thiazole rings is 1. The molecule has 4 aromatic rings. The number of carbonyl (C=O) groups is 1. The van der Waals surface area contributed by atoms with Crippen LogP contribution in [0.3, 0.4) is 0 Å². The highest BCUT2D eigenvalue weighted by Crippen LogP contribution is 2.33. The van der Waals surface area contributed by atoms with Crippen molar-refractivity contribution >= 4 is 91.8 Å². The number of allylic oxidation sites excluding steroid dienone is 1. The summed E-state index contributed by atoms with van der Waals surface area (Å²) in [6.07, 6.45) is 2.34. The van der Waals surface area contributed by atoms with Crippen LogP contribution in [0.15, 0.2) is 81.7 Å². The second-order valence-corrected chi connectivity index (χ2v) is 13.3. The van der Waals surface area contributed by atoms with E-state index in [2.05, 4.69) is 45.2 Å². The molecule has 0 unspecified atom stereocenters. The van der Waals surface area contributed by atoms with Crippen LogP contribution < -0.4 is 19.6 Å². The van der Waals surface area contributed by atoms with Gasteiger partial charge in [0.2, 0.25) is 0 Å². The molecule has 0 bridgehead atoms. The third-order valence-corrected chi connectivity index (χ3v) is 9.60. The lowest BCUT2D eigenvalue weighted by atomic mass is 9.95. The highest BCUT2D eigenvalue weighted by molar-refractivity contribution is 14.1. The number of benzene rings is 3. The Morgan fingerprint density at radius 1 is 1.10 bits per heavy atom. The van der Waals surface area contributed by atoms with Crippen LogP contribution in [0, 0.1) is 7.14 Å². The summed E-state index contributed by atoms with van der Waals surface area (Å²) >= 11 is 18.0. The summed E-state index contributed by atoms with van der Waals surface area (Å²) in [5.74, 6) is 0.144. The standard InChI is InChI=1S/C30H22Cl2I2N2O4S/c1-3-23-25(29(38)39-2)26(17-7-5-4-6-8-17)36-28(37)24(41-30(36)35-23)13-18-12-19(33)14-22(34)27(18)40-15-16-9-10-20(31)21(32)11-16/h4-14,26H,3,15H2,1-2H3/b24-13+/t26-/m0/s1. The first kappa shape index (κ1) is 30.3. The molecule has 1 aliphatic rings. The normalized spacial score (nSPS) is 15.0. The van der Waals surface area contributed by atoms with Crippen molar-refractivity contribution in [3.63, 3.8) is 0 Å². The van der Waals surface area contributed by atoms with Crippen LogP contribution in [-0.4, -0.2) is 17.6 Å². The fourth-order valence-electron chi connectivity index (χ4n) is 4.58. The number of carbonyl (C=O) groups excluding carboxylic acids is 1. The summed E-state index contributed by atoms with van der Waals surface area (Å²) < 4.78 is 15.4. The molecule has 0 saturated heterocycles. The van der Waals surface area contributed by atoms with Crippen molar-refractivity contribution in [2.75, 3.05) is 7.11 Å². The second kappa shape index (κ2) is 13.0. The van der Waals surface area contributed by atoms with E-state index in [9.17, 15) is 9.59 Å². The van der Waals surface area contributed by atoms with Gasteiger partial charge in [0.25, 0.3) is 5.56 Å². The van der Waals surface area contributed by atoms with E-state index < -0.39 is 12.0 Å². The van der Waals surface area contributed by atoms with E-state index in [0.717, 1.165) is 23.8 Å². The van der Waals surface area contributed by atoms with Gasteiger partial charge in [-0.25, -0.2) is 9.79 Å². The van der Waals surface area contributed by atoms with Crippen LogP contribution in [0.1, 0.15) is 36.1 Å². The topological polar surface area (TPSA) is 69.9 Å². The van der Waals surface area contributed by atoms with E-state index in [0.29, 0.717) is 42.8 Å². The van der Waals surface area contributed by atoms with E-state index in [1.165, 1.54) is 18.4 Å². The average Bonchev–Trinajstić information content (AvgIpc) is 3.27. The molecule has 3 aromatic carbocycles. The molecule has 1 aliphatic heterocycles. The minimum Gasteiger partial charge on any atom is -0.487 e. The number of aromatic nitrogens is 1. The fraction of sp³-hybridized carbons (Fsp3) is 0.167. The number of esters is 1. The number of nitrogens with zero attached hydrogens (tertiary/aromatic N) is 2. The van der Waals surface area contributed by atoms with Crippen LogP contribution in [0.5, 0.6) is 5.75 Å². The molecule has 11 heteroatoms. The van der Waals surface area contributed by atoms with E-state index in [1.54, 1.807) is 16.7 Å². The molecule has 0 saturated carbocycles. The Kier molecular flexibility index (Phi) is 9.59. The van der Waals surface area contributed by atoms with Gasteiger partial charge in [-0.3, -0.25) is 9.36 Å². The van der Waals surface area contributed by atoms with Crippen molar-refractivity contribution in [1.29, 1.82) is 0 Å². The van der Waals surface area contributed by atoms with Crippen LogP contribution in [0.25, 0.3) is 6.08 Å². The number of rotatable bonds is 7. The molecule has 0 N–H and O–H groups in total. The first-order valence-electron chi connectivity index (χ1n) is 12.5. The molecular formula is C30H22Cl2I2N2O4S. The highest BCUT2D eigenvalue weighted by atomic mass is 127. The van der Waals surface area contributed by atoms with Gasteiger partial charge in [-0.1, -0.05) is 77.9 Å². The largest absolute Gasteiger partial charge is 0.487 e. The van der Waals surface area contributed by atoms with E-state index in [-0.39, 0.29) is 12.2 Å². The van der Waals surface area contributed by atoms with Crippen molar-refractivity contribution in [3.05, 3.63) is 125 Å². The first-order chi connectivity index (χ1) is 19.7. The molecular weight excluding hydrogens is 809 g/mol. The van der Waals surface area contributed by atoms with E-state index >= 15 is 0 Å². The summed E-state index contributed by atoms with van der Waals surface area (Å²) in [4.78, 5) is 32.3. The zero-order valence-corrected chi connectivity index (χ0v) is 28.4. The van der Waals surface area contributed by atoms with Crippen LogP contribution in [0.2, 0.25) is 10.0 Å². The molecule has 6 nitrogen and oxygen atoms in total. The van der Waals surface area contributed by atoms with Gasteiger partial charge in [-0.05, 0) is 93.1 Å². The number of halogens is 4. The molecule has 210 valence electrons. The van der Waals surface area contributed by atoms with Crippen LogP contribution in [-0.2, 0) is 16.1 Å². The summed E-state index contributed by atoms with van der Waals surface area (Å²) in [5, 5.41) is 0.933. The summed E-state index contributed by atoms with van der Waals surface area (Å²) in [6, 6.07) is 18.2. The fourth-order valence-corrected chi connectivity index (χ4v) is 7.96. The van der Waals surface area contributed by atoms with Crippen molar-refractivity contribution in [1.82, 2.24) is 4.57 Å². The monoisotopic (exact) mass is 830 g/mol. The lowest BCUT2D eigenvalue weighted by Crippen LogP contribution is -2.40. The van der Waals surface area contributed by atoms with Crippen molar-refractivity contribution in [3.8, 4) is 5.75 Å². The summed E-state index contributed by atoms with van der Waals surface area (Å²) in [5.41, 5.74) is 3.15. The van der Waals surface area contributed by atoms with Gasteiger partial charge in [-0.2, -0.15) is 0 Å². The Morgan fingerprint density at radius 2 is 1.85 bits per heavy atom. The van der Waals surface area contributed by atoms with Crippen molar-refractivity contribution in [2.24, 2.45) is 4.99 Å². The van der Waals surface area contributed by atoms with Crippen molar-refractivity contribution in [2.45, 2.75) is 26.0 Å². The van der Waals surface area contributed by atoms with Crippen LogP contribution >= 0.6 is 79.7 Å². The van der Waals surface area contributed by atoms with Crippen LogP contribution in [0.4, 0.5) is 0 Å².